The average Bonchev–Trinajstić information content (AvgIpc) is 3.58. The largest absolute Gasteiger partial charge is 0.352 e. The molecule has 7 heteroatoms. The van der Waals surface area contributed by atoms with Gasteiger partial charge in [-0.05, 0) is 49.8 Å². The Morgan fingerprint density at radius 1 is 1.14 bits per heavy atom. The highest BCUT2D eigenvalue weighted by atomic mass is 16.2. The summed E-state index contributed by atoms with van der Waals surface area (Å²) >= 11 is 0. The van der Waals surface area contributed by atoms with Crippen LogP contribution in [0.5, 0.6) is 0 Å². The van der Waals surface area contributed by atoms with Crippen molar-refractivity contribution in [3.63, 3.8) is 0 Å². The van der Waals surface area contributed by atoms with Gasteiger partial charge in [0, 0.05) is 56.8 Å². The van der Waals surface area contributed by atoms with Crippen molar-refractivity contribution < 1.29 is 9.59 Å². The van der Waals surface area contributed by atoms with Crippen LogP contribution in [0, 0.1) is 5.92 Å². The molecule has 0 spiro atoms. The van der Waals surface area contributed by atoms with Gasteiger partial charge in [0.25, 0.3) is 11.8 Å². The van der Waals surface area contributed by atoms with Gasteiger partial charge in [-0.25, -0.2) is 0 Å². The zero-order valence-electron chi connectivity index (χ0n) is 16.6. The van der Waals surface area contributed by atoms with Gasteiger partial charge in [0.2, 0.25) is 5.56 Å². The molecule has 1 saturated heterocycles. The van der Waals surface area contributed by atoms with Gasteiger partial charge in [0.1, 0.15) is 0 Å². The smallest absolute Gasteiger partial charge is 0.255 e. The van der Waals surface area contributed by atoms with Crippen molar-refractivity contribution in [1.82, 2.24) is 19.8 Å². The third-order valence-corrected chi connectivity index (χ3v) is 5.76. The molecule has 0 bridgehead atoms. The maximum Gasteiger partial charge on any atom is 0.255 e. The predicted molar refractivity (Wildman–Crippen MR) is 109 cm³/mol. The van der Waals surface area contributed by atoms with Gasteiger partial charge in [0.05, 0.1) is 11.1 Å². The summed E-state index contributed by atoms with van der Waals surface area (Å²) in [6.07, 6.45) is 7.47. The van der Waals surface area contributed by atoms with Gasteiger partial charge in [0.15, 0.2) is 0 Å². The van der Waals surface area contributed by atoms with Crippen LogP contribution in [0.2, 0.25) is 0 Å². The zero-order chi connectivity index (χ0) is 20.4. The summed E-state index contributed by atoms with van der Waals surface area (Å²) in [6.45, 7) is 2.02. The monoisotopic (exact) mass is 394 g/mol. The van der Waals surface area contributed by atoms with Crippen molar-refractivity contribution in [3.8, 4) is 0 Å². The molecule has 2 aromatic heterocycles. The van der Waals surface area contributed by atoms with Crippen molar-refractivity contribution in [1.29, 1.82) is 0 Å². The predicted octanol–water partition coefficient (Wildman–Crippen LogP) is 1.94. The van der Waals surface area contributed by atoms with E-state index in [9.17, 15) is 14.4 Å². The lowest BCUT2D eigenvalue weighted by molar-refractivity contribution is 0.0705. The molecule has 7 nitrogen and oxygen atoms in total. The van der Waals surface area contributed by atoms with Crippen molar-refractivity contribution in [3.05, 3.63) is 63.8 Å². The molecule has 0 radical (unpaired) electrons. The van der Waals surface area contributed by atoms with Gasteiger partial charge >= 0.3 is 0 Å². The summed E-state index contributed by atoms with van der Waals surface area (Å²) in [7, 11) is 1.64. The molecule has 152 valence electrons. The molecule has 1 aliphatic carbocycles. The maximum atomic E-state index is 12.9. The lowest BCUT2D eigenvalue weighted by atomic mass is 9.93. The van der Waals surface area contributed by atoms with Crippen molar-refractivity contribution in [2.24, 2.45) is 13.0 Å². The number of aromatic nitrogens is 2. The molecular formula is C22H26N4O3. The number of aryl methyl sites for hydroxylation is 1. The van der Waals surface area contributed by atoms with Gasteiger partial charge in [-0.3, -0.25) is 19.4 Å². The molecule has 1 N–H and O–H groups in total. The Labute approximate surface area is 169 Å². The topological polar surface area (TPSA) is 84.3 Å². The quantitative estimate of drug-likeness (QED) is 0.840. The summed E-state index contributed by atoms with van der Waals surface area (Å²) < 4.78 is 1.42. The molecule has 2 fully saturated rings. The molecule has 0 unspecified atom stereocenters. The first-order chi connectivity index (χ1) is 14.0. The molecule has 1 atom stereocenters. The number of carbonyl (C=O) groups excluding carboxylic acids is 2. The van der Waals surface area contributed by atoms with Crippen LogP contribution in [0.25, 0.3) is 0 Å². The Balaban J connectivity index is 1.40. The molecular weight excluding hydrogens is 368 g/mol. The Kier molecular flexibility index (Phi) is 5.47. The molecule has 3 heterocycles. The second kappa shape index (κ2) is 8.19. The molecule has 1 saturated carbocycles. The minimum absolute atomic E-state index is 0.0682. The Bertz CT molecular complexity index is 963. The van der Waals surface area contributed by atoms with E-state index in [4.69, 9.17) is 0 Å². The van der Waals surface area contributed by atoms with Crippen molar-refractivity contribution in [2.75, 3.05) is 19.6 Å². The second-order valence-corrected chi connectivity index (χ2v) is 8.08. The fourth-order valence-corrected chi connectivity index (χ4v) is 3.75. The van der Waals surface area contributed by atoms with Crippen LogP contribution < -0.4 is 10.9 Å². The van der Waals surface area contributed by atoms with Gasteiger partial charge in [-0.2, -0.15) is 0 Å². The number of carbonyl (C=O) groups is 2. The molecule has 2 amide bonds. The summed E-state index contributed by atoms with van der Waals surface area (Å²) in [5.74, 6) is 0.639. The Morgan fingerprint density at radius 3 is 2.62 bits per heavy atom. The van der Waals surface area contributed by atoms with Gasteiger partial charge in [-0.1, -0.05) is 0 Å². The first-order valence-electron chi connectivity index (χ1n) is 10.2. The fraction of sp³-hybridized carbons (Fsp3) is 0.455. The molecule has 2 aromatic rings. The van der Waals surface area contributed by atoms with E-state index in [-0.39, 0.29) is 23.3 Å². The molecule has 0 aromatic carbocycles. The van der Waals surface area contributed by atoms with E-state index in [1.165, 1.54) is 23.5 Å². The van der Waals surface area contributed by atoms with E-state index in [1.807, 2.05) is 17.0 Å². The zero-order valence-corrected chi connectivity index (χ0v) is 16.6. The Hall–Kier alpha value is -2.96. The van der Waals surface area contributed by atoms with Crippen LogP contribution in [0.3, 0.4) is 0 Å². The van der Waals surface area contributed by atoms with E-state index >= 15 is 0 Å². The van der Waals surface area contributed by atoms with Gasteiger partial charge in [-0.15, -0.1) is 0 Å². The number of hydrogen-bond acceptors (Lipinski definition) is 4. The third-order valence-electron chi connectivity index (χ3n) is 5.76. The number of pyridine rings is 2. The van der Waals surface area contributed by atoms with Crippen LogP contribution in [0.15, 0.2) is 41.5 Å². The first-order valence-corrected chi connectivity index (χ1v) is 10.2. The molecule has 1 aliphatic heterocycles. The minimum atomic E-state index is -0.136. The normalized spacial score (nSPS) is 19.1. The van der Waals surface area contributed by atoms with Gasteiger partial charge < -0.3 is 14.8 Å². The van der Waals surface area contributed by atoms with Crippen LogP contribution in [-0.4, -0.2) is 45.9 Å². The highest BCUT2D eigenvalue weighted by molar-refractivity contribution is 5.94. The maximum absolute atomic E-state index is 12.9. The highest BCUT2D eigenvalue weighted by Gasteiger charge is 2.27. The van der Waals surface area contributed by atoms with E-state index in [1.54, 1.807) is 25.5 Å². The van der Waals surface area contributed by atoms with Crippen LogP contribution >= 0.6 is 0 Å². The number of nitrogens with zero attached hydrogens (tertiary/aromatic N) is 3. The number of piperidine rings is 1. The second-order valence-electron chi connectivity index (χ2n) is 8.08. The minimum Gasteiger partial charge on any atom is -0.352 e. The van der Waals surface area contributed by atoms with E-state index < -0.39 is 0 Å². The number of hydrogen-bond donors (Lipinski definition) is 1. The number of amides is 2. The SMILES string of the molecule is Cn1cc(C(=O)N2CCC[C@H](c3ccc(C(=O)NCC4CC4)cn3)C2)ccc1=O. The average molecular weight is 394 g/mol. The first kappa shape index (κ1) is 19.4. The third kappa shape index (κ3) is 4.55. The molecule has 29 heavy (non-hydrogen) atoms. The highest BCUT2D eigenvalue weighted by Crippen LogP contribution is 2.28. The van der Waals surface area contributed by atoms with Crippen molar-refractivity contribution >= 4 is 11.8 Å². The van der Waals surface area contributed by atoms with Crippen molar-refractivity contribution in [2.45, 2.75) is 31.6 Å². The van der Waals surface area contributed by atoms with E-state index in [0.29, 0.717) is 30.1 Å². The van der Waals surface area contributed by atoms with Crippen LogP contribution in [0.1, 0.15) is 58.0 Å². The van der Waals surface area contributed by atoms with E-state index in [0.717, 1.165) is 25.1 Å². The summed E-state index contributed by atoms with van der Waals surface area (Å²) in [6, 6.07) is 6.72. The van der Waals surface area contributed by atoms with Crippen LogP contribution in [0.4, 0.5) is 0 Å². The summed E-state index contributed by atoms with van der Waals surface area (Å²) in [4.78, 5) is 42.9. The van der Waals surface area contributed by atoms with E-state index in [2.05, 4.69) is 10.3 Å². The Morgan fingerprint density at radius 2 is 1.93 bits per heavy atom. The van der Waals surface area contributed by atoms with Crippen LogP contribution in [-0.2, 0) is 7.05 Å². The molecule has 2 aliphatic rings. The lowest BCUT2D eigenvalue weighted by Crippen LogP contribution is -2.39. The standard InChI is InChI=1S/C22H26N4O3/c1-25-13-18(7-9-20(25)27)22(29)26-10-2-3-17(14-26)19-8-6-16(12-23-19)21(28)24-11-15-4-5-15/h6-9,12-13,15,17H,2-5,10-11,14H2,1H3,(H,24,28)/t17-/m0/s1. The number of likely N-dealkylation sites (tertiary alicyclic amines) is 1. The fourth-order valence-electron chi connectivity index (χ4n) is 3.75. The summed E-state index contributed by atoms with van der Waals surface area (Å²) in [5.41, 5.74) is 1.86. The lowest BCUT2D eigenvalue weighted by Gasteiger charge is -2.32. The summed E-state index contributed by atoms with van der Waals surface area (Å²) in [5, 5.41) is 2.95. The number of nitrogens with one attached hydrogen (secondary N) is 1. The molecule has 4 rings (SSSR count). The number of rotatable bonds is 5.